The van der Waals surface area contributed by atoms with Crippen molar-refractivity contribution >= 4 is 11.7 Å². The van der Waals surface area contributed by atoms with Gasteiger partial charge in [-0.1, -0.05) is 18.9 Å². The molecule has 0 atom stereocenters. The van der Waals surface area contributed by atoms with E-state index in [9.17, 15) is 0 Å². The highest BCUT2D eigenvalue weighted by Crippen LogP contribution is 2.25. The second kappa shape index (κ2) is 4.51. The van der Waals surface area contributed by atoms with E-state index >= 15 is 0 Å². The fourth-order valence-electron chi connectivity index (χ4n) is 2.25. The molecule has 0 aromatic carbocycles. The van der Waals surface area contributed by atoms with E-state index in [4.69, 9.17) is 11.1 Å². The summed E-state index contributed by atoms with van der Waals surface area (Å²) in [6, 6.07) is 6.25. The second-order valence-corrected chi connectivity index (χ2v) is 4.34. The van der Waals surface area contributed by atoms with Crippen molar-refractivity contribution in [1.82, 2.24) is 4.98 Å². The van der Waals surface area contributed by atoms with Crippen LogP contribution < -0.4 is 10.6 Å². The van der Waals surface area contributed by atoms with Gasteiger partial charge in [0, 0.05) is 13.1 Å². The summed E-state index contributed by atoms with van der Waals surface area (Å²) in [6.07, 6.45) is 5.09. The van der Waals surface area contributed by atoms with Crippen LogP contribution in [0, 0.1) is 5.41 Å². The van der Waals surface area contributed by atoms with Crippen LogP contribution in [0.5, 0.6) is 0 Å². The number of anilines is 1. The normalized spacial score (nSPS) is 16.3. The fourth-order valence-corrected chi connectivity index (χ4v) is 2.25. The molecule has 0 aliphatic heterocycles. The highest BCUT2D eigenvalue weighted by atomic mass is 15.2. The topological polar surface area (TPSA) is 66.0 Å². The smallest absolute Gasteiger partial charge is 0.141 e. The molecule has 4 nitrogen and oxygen atoms in total. The van der Waals surface area contributed by atoms with E-state index in [0.717, 1.165) is 5.82 Å². The van der Waals surface area contributed by atoms with Crippen LogP contribution in [0.4, 0.5) is 5.82 Å². The lowest BCUT2D eigenvalue weighted by molar-refractivity contribution is 0.646. The maximum Gasteiger partial charge on any atom is 0.141 e. The minimum atomic E-state index is 0.0293. The van der Waals surface area contributed by atoms with E-state index in [1.807, 2.05) is 12.1 Å². The molecule has 16 heavy (non-hydrogen) atoms. The van der Waals surface area contributed by atoms with Gasteiger partial charge >= 0.3 is 0 Å². The molecule has 1 aromatic heterocycles. The molecule has 1 fully saturated rings. The Labute approximate surface area is 96.0 Å². The molecule has 3 N–H and O–H groups in total. The lowest BCUT2D eigenvalue weighted by atomic mass is 10.2. The Balaban J connectivity index is 2.18. The molecule has 0 bridgehead atoms. The number of nitrogens with one attached hydrogen (secondary N) is 1. The van der Waals surface area contributed by atoms with Gasteiger partial charge in [0.15, 0.2) is 0 Å². The standard InChI is InChI=1S/C12H18N4/c1-16(9-5-2-3-6-9)11-8-4-7-10(15-11)12(13)14/h4,7-9H,2-3,5-6H2,1H3,(H3,13,14). The molecule has 0 saturated heterocycles. The summed E-state index contributed by atoms with van der Waals surface area (Å²) in [5.74, 6) is 0.946. The Kier molecular flexibility index (Phi) is 3.08. The highest BCUT2D eigenvalue weighted by Gasteiger charge is 2.20. The van der Waals surface area contributed by atoms with E-state index in [0.29, 0.717) is 11.7 Å². The summed E-state index contributed by atoms with van der Waals surface area (Å²) < 4.78 is 0. The first-order valence-corrected chi connectivity index (χ1v) is 5.73. The van der Waals surface area contributed by atoms with E-state index in [-0.39, 0.29) is 5.84 Å². The van der Waals surface area contributed by atoms with Crippen molar-refractivity contribution < 1.29 is 0 Å². The van der Waals surface area contributed by atoms with Crippen LogP contribution in [0.1, 0.15) is 31.4 Å². The Morgan fingerprint density at radius 1 is 1.44 bits per heavy atom. The van der Waals surface area contributed by atoms with Gasteiger partial charge in [0.1, 0.15) is 17.3 Å². The first-order valence-electron chi connectivity index (χ1n) is 5.73. The summed E-state index contributed by atoms with van der Waals surface area (Å²) in [7, 11) is 2.07. The summed E-state index contributed by atoms with van der Waals surface area (Å²) in [5.41, 5.74) is 6.00. The molecule has 86 valence electrons. The van der Waals surface area contributed by atoms with Crippen molar-refractivity contribution in [3.05, 3.63) is 23.9 Å². The second-order valence-electron chi connectivity index (χ2n) is 4.34. The Morgan fingerprint density at radius 2 is 2.12 bits per heavy atom. The van der Waals surface area contributed by atoms with Crippen molar-refractivity contribution in [3.63, 3.8) is 0 Å². The van der Waals surface area contributed by atoms with Crippen LogP contribution in [-0.2, 0) is 0 Å². The molecule has 0 amide bonds. The molecule has 0 spiro atoms. The SMILES string of the molecule is CN(c1cccc(C(=N)N)n1)C1CCCC1. The van der Waals surface area contributed by atoms with Gasteiger partial charge < -0.3 is 10.6 Å². The molecule has 4 heteroatoms. The molecule has 2 rings (SSSR count). The molecule has 0 unspecified atom stereocenters. The number of pyridine rings is 1. The molecule has 0 radical (unpaired) electrons. The van der Waals surface area contributed by atoms with Crippen LogP contribution in [-0.4, -0.2) is 23.9 Å². The largest absolute Gasteiger partial charge is 0.382 e. The van der Waals surface area contributed by atoms with E-state index < -0.39 is 0 Å². The maximum atomic E-state index is 7.38. The molecular formula is C12H18N4. The minimum Gasteiger partial charge on any atom is -0.382 e. The van der Waals surface area contributed by atoms with Crippen molar-refractivity contribution in [2.75, 3.05) is 11.9 Å². The predicted octanol–water partition coefficient (Wildman–Crippen LogP) is 1.74. The van der Waals surface area contributed by atoms with Crippen LogP contribution >= 0.6 is 0 Å². The third kappa shape index (κ3) is 2.15. The number of hydrogen-bond donors (Lipinski definition) is 2. The zero-order valence-corrected chi connectivity index (χ0v) is 9.61. The summed E-state index contributed by atoms with van der Waals surface area (Å²) in [6.45, 7) is 0. The van der Waals surface area contributed by atoms with Crippen molar-refractivity contribution in [3.8, 4) is 0 Å². The summed E-state index contributed by atoms with van der Waals surface area (Å²) >= 11 is 0. The molecule has 1 heterocycles. The third-order valence-corrected chi connectivity index (χ3v) is 3.24. The van der Waals surface area contributed by atoms with Crippen LogP contribution in [0.15, 0.2) is 18.2 Å². The predicted molar refractivity (Wildman–Crippen MR) is 65.9 cm³/mol. The van der Waals surface area contributed by atoms with Crippen molar-refractivity contribution in [1.29, 1.82) is 5.41 Å². The summed E-state index contributed by atoms with van der Waals surface area (Å²) in [5, 5.41) is 7.38. The average molecular weight is 218 g/mol. The zero-order chi connectivity index (χ0) is 11.5. The number of nitrogens with zero attached hydrogens (tertiary/aromatic N) is 2. The van der Waals surface area contributed by atoms with E-state index in [1.165, 1.54) is 25.7 Å². The van der Waals surface area contributed by atoms with Crippen LogP contribution in [0.3, 0.4) is 0 Å². The first kappa shape index (κ1) is 10.9. The van der Waals surface area contributed by atoms with E-state index in [1.54, 1.807) is 6.07 Å². The third-order valence-electron chi connectivity index (χ3n) is 3.24. The molecule has 1 aromatic rings. The first-order chi connectivity index (χ1) is 7.68. The lowest BCUT2D eigenvalue weighted by Crippen LogP contribution is -2.30. The summed E-state index contributed by atoms with van der Waals surface area (Å²) in [4.78, 5) is 6.60. The number of amidine groups is 1. The van der Waals surface area contributed by atoms with Gasteiger partial charge in [-0.25, -0.2) is 4.98 Å². The van der Waals surface area contributed by atoms with Gasteiger partial charge in [-0.3, -0.25) is 5.41 Å². The number of rotatable bonds is 3. The van der Waals surface area contributed by atoms with Gasteiger partial charge in [-0.2, -0.15) is 0 Å². The molecule has 1 aliphatic carbocycles. The maximum absolute atomic E-state index is 7.38. The van der Waals surface area contributed by atoms with E-state index in [2.05, 4.69) is 16.9 Å². The highest BCUT2D eigenvalue weighted by molar-refractivity contribution is 5.93. The average Bonchev–Trinajstić information content (AvgIpc) is 2.81. The van der Waals surface area contributed by atoms with Gasteiger partial charge in [-0.05, 0) is 25.0 Å². The minimum absolute atomic E-state index is 0.0293. The van der Waals surface area contributed by atoms with Gasteiger partial charge in [0.2, 0.25) is 0 Å². The van der Waals surface area contributed by atoms with Crippen LogP contribution in [0.2, 0.25) is 0 Å². The van der Waals surface area contributed by atoms with Gasteiger partial charge in [-0.15, -0.1) is 0 Å². The number of nitrogens with two attached hydrogens (primary N) is 1. The number of hydrogen-bond acceptors (Lipinski definition) is 3. The number of aromatic nitrogens is 1. The number of nitrogen functional groups attached to an aromatic ring is 1. The Morgan fingerprint density at radius 3 is 2.75 bits per heavy atom. The molecule has 1 aliphatic rings. The zero-order valence-electron chi connectivity index (χ0n) is 9.61. The van der Waals surface area contributed by atoms with Crippen molar-refractivity contribution in [2.45, 2.75) is 31.7 Å². The van der Waals surface area contributed by atoms with Crippen molar-refractivity contribution in [2.24, 2.45) is 5.73 Å². The van der Waals surface area contributed by atoms with Crippen LogP contribution in [0.25, 0.3) is 0 Å². The van der Waals surface area contributed by atoms with Gasteiger partial charge in [0.25, 0.3) is 0 Å². The fraction of sp³-hybridized carbons (Fsp3) is 0.500. The molecule has 1 saturated carbocycles. The Hall–Kier alpha value is -1.58. The lowest BCUT2D eigenvalue weighted by Gasteiger charge is -2.25. The Bertz CT molecular complexity index is 382. The quantitative estimate of drug-likeness (QED) is 0.600. The van der Waals surface area contributed by atoms with Gasteiger partial charge in [0.05, 0.1) is 0 Å². The monoisotopic (exact) mass is 218 g/mol. The molecular weight excluding hydrogens is 200 g/mol.